The highest BCUT2D eigenvalue weighted by Gasteiger charge is 2.32. The van der Waals surface area contributed by atoms with Gasteiger partial charge in [-0.25, -0.2) is 0 Å². The van der Waals surface area contributed by atoms with E-state index in [1.54, 1.807) is 28.4 Å². The molecule has 0 aromatic heterocycles. The summed E-state index contributed by atoms with van der Waals surface area (Å²) < 4.78 is 22.7. The first-order valence-corrected chi connectivity index (χ1v) is 16.5. The van der Waals surface area contributed by atoms with E-state index in [9.17, 15) is 14.7 Å². The normalized spacial score (nSPS) is 16.1. The number of anilines is 1. The van der Waals surface area contributed by atoms with Gasteiger partial charge in [-0.05, 0) is 78.0 Å². The molecule has 4 unspecified atom stereocenters. The molecule has 0 fully saturated rings. The summed E-state index contributed by atoms with van der Waals surface area (Å²) in [5.41, 5.74) is 11.3. The van der Waals surface area contributed by atoms with Gasteiger partial charge in [-0.1, -0.05) is 63.2 Å². The molecule has 0 heterocycles. The van der Waals surface area contributed by atoms with Crippen molar-refractivity contribution in [1.29, 1.82) is 0 Å². The number of aliphatic hydroxyl groups is 1. The van der Waals surface area contributed by atoms with Crippen LogP contribution in [-0.2, 0) is 22.4 Å². The number of amides is 1. The Hall–Kier alpha value is -4.50. The second kappa shape index (κ2) is 16.6. The van der Waals surface area contributed by atoms with Gasteiger partial charge in [0.2, 0.25) is 11.7 Å². The zero-order chi connectivity index (χ0) is 35.0. The number of hydrogen-bond acceptors (Lipinski definition) is 8. The molecular weight excluding hydrogens is 608 g/mol. The number of aliphatic hydroxyl groups excluding tert-OH is 1. The highest BCUT2D eigenvalue weighted by molar-refractivity contribution is 5.90. The molecule has 3 aromatic carbocycles. The fraction of sp³-hybridized carbons (Fsp3) is 0.436. The minimum atomic E-state index is -1.16. The third-order valence-electron chi connectivity index (χ3n) is 9.01. The molecule has 4 N–H and O–H groups in total. The number of benzene rings is 3. The topological polar surface area (TPSA) is 129 Å². The lowest BCUT2D eigenvalue weighted by Crippen LogP contribution is -2.41. The van der Waals surface area contributed by atoms with Gasteiger partial charge >= 0.3 is 0 Å². The van der Waals surface area contributed by atoms with Crippen LogP contribution in [0, 0.1) is 17.8 Å². The maximum absolute atomic E-state index is 14.0. The first-order valence-electron chi connectivity index (χ1n) is 16.5. The van der Waals surface area contributed by atoms with Gasteiger partial charge in [0.1, 0.15) is 11.9 Å². The second-order valence-corrected chi connectivity index (χ2v) is 13.0. The minimum Gasteiger partial charge on any atom is -0.495 e. The Balaban J connectivity index is 1.65. The largest absolute Gasteiger partial charge is 0.495 e. The SMILES string of the molecule is COc1ccc(C2=CC(NC(=O)C(CC(=O)C(O)C(C)Cc3ccccc3)CC(C)C)CCc3c2cc(OC)c(OC)c3OC)cc1N. The molecule has 4 rings (SSSR count). The molecule has 0 bridgehead atoms. The number of nitrogens with one attached hydrogen (secondary N) is 1. The quantitative estimate of drug-likeness (QED) is 0.169. The van der Waals surface area contributed by atoms with Crippen molar-refractivity contribution in [3.8, 4) is 23.0 Å². The third kappa shape index (κ3) is 8.50. The molecule has 1 amide bonds. The monoisotopic (exact) mass is 658 g/mol. The molecule has 0 radical (unpaired) electrons. The van der Waals surface area contributed by atoms with Gasteiger partial charge in [-0.15, -0.1) is 0 Å². The summed E-state index contributed by atoms with van der Waals surface area (Å²) >= 11 is 0. The lowest BCUT2D eigenvalue weighted by atomic mass is 9.86. The predicted octanol–water partition coefficient (Wildman–Crippen LogP) is 6.03. The van der Waals surface area contributed by atoms with Crippen LogP contribution < -0.4 is 30.0 Å². The molecule has 1 aliphatic carbocycles. The molecule has 9 nitrogen and oxygen atoms in total. The molecule has 3 aromatic rings. The molecule has 0 spiro atoms. The van der Waals surface area contributed by atoms with Crippen LogP contribution in [0.4, 0.5) is 5.69 Å². The lowest BCUT2D eigenvalue weighted by Gasteiger charge is -2.24. The van der Waals surface area contributed by atoms with Crippen molar-refractivity contribution in [3.63, 3.8) is 0 Å². The van der Waals surface area contributed by atoms with Gasteiger partial charge in [0, 0.05) is 23.9 Å². The number of hydrogen-bond donors (Lipinski definition) is 3. The average Bonchev–Trinajstić information content (AvgIpc) is 3.25. The van der Waals surface area contributed by atoms with Gasteiger partial charge in [0.05, 0.1) is 34.1 Å². The van der Waals surface area contributed by atoms with Gasteiger partial charge in [-0.3, -0.25) is 9.59 Å². The van der Waals surface area contributed by atoms with E-state index in [1.807, 2.05) is 81.4 Å². The number of carbonyl (C=O) groups excluding carboxylic acids is 2. The molecule has 0 aliphatic heterocycles. The van der Waals surface area contributed by atoms with Crippen molar-refractivity contribution in [2.24, 2.45) is 17.8 Å². The maximum Gasteiger partial charge on any atom is 0.224 e. The molecule has 0 saturated carbocycles. The van der Waals surface area contributed by atoms with Crippen molar-refractivity contribution < 1.29 is 33.6 Å². The average molecular weight is 659 g/mol. The number of fused-ring (bicyclic) bond motifs is 1. The van der Waals surface area contributed by atoms with Crippen molar-refractivity contribution in [2.45, 2.75) is 65.0 Å². The van der Waals surface area contributed by atoms with Gasteiger partial charge < -0.3 is 35.1 Å². The zero-order valence-electron chi connectivity index (χ0n) is 29.2. The minimum absolute atomic E-state index is 0.0366. The van der Waals surface area contributed by atoms with E-state index in [-0.39, 0.29) is 36.0 Å². The molecule has 4 atom stereocenters. The number of nitrogen functional groups attached to an aromatic ring is 1. The summed E-state index contributed by atoms with van der Waals surface area (Å²) in [6, 6.07) is 16.9. The van der Waals surface area contributed by atoms with Crippen molar-refractivity contribution in [2.75, 3.05) is 34.2 Å². The highest BCUT2D eigenvalue weighted by Crippen LogP contribution is 2.47. The fourth-order valence-electron chi connectivity index (χ4n) is 6.58. The first-order chi connectivity index (χ1) is 23.0. The Morgan fingerprint density at radius 1 is 0.917 bits per heavy atom. The first kappa shape index (κ1) is 36.3. The van der Waals surface area contributed by atoms with Gasteiger partial charge in [-0.2, -0.15) is 0 Å². The van der Waals surface area contributed by atoms with Gasteiger partial charge in [0.15, 0.2) is 17.3 Å². The van der Waals surface area contributed by atoms with Crippen LogP contribution in [0.5, 0.6) is 23.0 Å². The van der Waals surface area contributed by atoms with E-state index < -0.39 is 12.0 Å². The molecule has 258 valence electrons. The van der Waals surface area contributed by atoms with E-state index in [0.29, 0.717) is 54.4 Å². The summed E-state index contributed by atoms with van der Waals surface area (Å²) in [6.07, 6.45) is 3.05. The second-order valence-electron chi connectivity index (χ2n) is 13.0. The summed E-state index contributed by atoms with van der Waals surface area (Å²) in [5, 5.41) is 14.2. The standard InChI is InChI=1S/C39H50N2O7/c1-23(2)17-27(20-33(42)36(43)24(3)18-25-11-9-8-10-12-25)39(44)41-28-14-15-29-31(22-35(46-5)38(48-7)37(29)47-6)30(21-28)26-13-16-34(45-4)32(40)19-26/h8-13,16,19,21-24,27-28,36,43H,14-15,17-18,20,40H2,1-7H3,(H,41,44). The maximum atomic E-state index is 14.0. The Morgan fingerprint density at radius 3 is 2.21 bits per heavy atom. The van der Waals surface area contributed by atoms with Crippen LogP contribution in [-0.4, -0.2) is 57.4 Å². The fourth-order valence-corrected chi connectivity index (χ4v) is 6.58. The van der Waals surface area contributed by atoms with Crippen molar-refractivity contribution >= 4 is 23.0 Å². The van der Waals surface area contributed by atoms with Crippen LogP contribution in [0.2, 0.25) is 0 Å². The number of methoxy groups -OCH3 is 4. The summed E-state index contributed by atoms with van der Waals surface area (Å²) in [7, 11) is 6.32. The summed E-state index contributed by atoms with van der Waals surface area (Å²) in [4.78, 5) is 27.4. The van der Waals surface area contributed by atoms with Crippen LogP contribution in [0.1, 0.15) is 62.3 Å². The Bertz CT molecular complexity index is 1600. The van der Waals surface area contributed by atoms with E-state index in [0.717, 1.165) is 27.8 Å². The smallest absolute Gasteiger partial charge is 0.224 e. The van der Waals surface area contributed by atoms with E-state index >= 15 is 0 Å². The molecule has 9 heteroatoms. The van der Waals surface area contributed by atoms with E-state index in [2.05, 4.69) is 5.32 Å². The summed E-state index contributed by atoms with van der Waals surface area (Å²) in [6.45, 7) is 5.92. The van der Waals surface area contributed by atoms with Crippen molar-refractivity contribution in [3.05, 3.63) is 82.9 Å². The molecule has 1 aliphatic rings. The van der Waals surface area contributed by atoms with Crippen LogP contribution in [0.15, 0.2) is 60.7 Å². The van der Waals surface area contributed by atoms with E-state index in [1.165, 1.54) is 0 Å². The van der Waals surface area contributed by atoms with Crippen molar-refractivity contribution in [1.82, 2.24) is 5.32 Å². The lowest BCUT2D eigenvalue weighted by molar-refractivity contribution is -0.135. The highest BCUT2D eigenvalue weighted by atomic mass is 16.5. The molecule has 0 saturated heterocycles. The van der Waals surface area contributed by atoms with Crippen LogP contribution in [0.3, 0.4) is 0 Å². The Kier molecular flexibility index (Phi) is 12.5. The van der Waals surface area contributed by atoms with Crippen LogP contribution in [0.25, 0.3) is 5.57 Å². The number of nitrogens with two attached hydrogens (primary N) is 1. The Labute approximate surface area is 284 Å². The number of Topliss-reactive ketones (excluding diaryl/α,β-unsaturated/α-hetero) is 1. The molecular formula is C39H50N2O7. The number of rotatable bonds is 15. The summed E-state index contributed by atoms with van der Waals surface area (Å²) in [5.74, 6) is 0.883. The number of ketones is 1. The zero-order valence-corrected chi connectivity index (χ0v) is 29.2. The van der Waals surface area contributed by atoms with Gasteiger partial charge in [0.25, 0.3) is 0 Å². The van der Waals surface area contributed by atoms with E-state index in [4.69, 9.17) is 24.7 Å². The number of ether oxygens (including phenoxy) is 4. The molecule has 48 heavy (non-hydrogen) atoms. The number of carbonyl (C=O) groups is 2. The Morgan fingerprint density at radius 2 is 1.60 bits per heavy atom. The predicted molar refractivity (Wildman–Crippen MR) is 189 cm³/mol. The van der Waals surface area contributed by atoms with Crippen LogP contribution >= 0.6 is 0 Å². The third-order valence-corrected chi connectivity index (χ3v) is 9.01.